The monoisotopic (exact) mass is 250 g/mol. The standard InChI is InChI=1S/C13H10N6/c14-13-10-6-16-19-7-9(8-1-3-15-4-2-8)5-11(19)12(10)17-18-13/h1-7H,(H3,14,17,18). The Hall–Kier alpha value is -2.89. The third-order valence-corrected chi connectivity index (χ3v) is 3.21. The lowest BCUT2D eigenvalue weighted by Gasteiger charge is -1.93. The number of rotatable bonds is 1. The Morgan fingerprint density at radius 3 is 2.84 bits per heavy atom. The maximum Gasteiger partial charge on any atom is 0.154 e. The van der Waals surface area contributed by atoms with Gasteiger partial charge in [-0.25, -0.2) is 4.52 Å². The number of nitrogens with two attached hydrogens (primary N) is 1. The van der Waals surface area contributed by atoms with Crippen molar-refractivity contribution in [3.63, 3.8) is 0 Å². The quantitative estimate of drug-likeness (QED) is 0.540. The Morgan fingerprint density at radius 1 is 1.16 bits per heavy atom. The molecule has 0 radical (unpaired) electrons. The van der Waals surface area contributed by atoms with E-state index in [0.717, 1.165) is 27.5 Å². The van der Waals surface area contributed by atoms with Gasteiger partial charge in [0.25, 0.3) is 0 Å². The highest BCUT2D eigenvalue weighted by atomic mass is 15.2. The number of anilines is 1. The van der Waals surface area contributed by atoms with Gasteiger partial charge >= 0.3 is 0 Å². The first-order valence-corrected chi connectivity index (χ1v) is 5.84. The van der Waals surface area contributed by atoms with Gasteiger partial charge in [0, 0.05) is 24.2 Å². The second-order valence-corrected chi connectivity index (χ2v) is 4.34. The molecule has 0 spiro atoms. The molecule has 92 valence electrons. The predicted octanol–water partition coefficient (Wildman–Crippen LogP) is 1.85. The first kappa shape index (κ1) is 10.1. The van der Waals surface area contributed by atoms with Crippen LogP contribution in [0.5, 0.6) is 0 Å². The maximum atomic E-state index is 5.79. The summed E-state index contributed by atoms with van der Waals surface area (Å²) in [4.78, 5) is 4.02. The molecule has 0 aliphatic heterocycles. The largest absolute Gasteiger partial charge is 0.382 e. The molecule has 6 nitrogen and oxygen atoms in total. The summed E-state index contributed by atoms with van der Waals surface area (Å²) in [6, 6.07) is 5.99. The Kier molecular flexibility index (Phi) is 1.88. The number of hydrogen-bond donors (Lipinski definition) is 2. The van der Waals surface area contributed by atoms with Gasteiger partial charge in [0.2, 0.25) is 0 Å². The van der Waals surface area contributed by atoms with E-state index in [0.29, 0.717) is 5.82 Å². The molecule has 0 bridgehead atoms. The molecule has 0 saturated heterocycles. The molecule has 0 saturated carbocycles. The fourth-order valence-electron chi connectivity index (χ4n) is 2.25. The molecule has 3 N–H and O–H groups in total. The van der Waals surface area contributed by atoms with Crippen LogP contribution < -0.4 is 5.73 Å². The van der Waals surface area contributed by atoms with Crippen LogP contribution in [0.25, 0.3) is 27.5 Å². The molecule has 6 heteroatoms. The Balaban J connectivity index is 2.04. The average molecular weight is 250 g/mol. The minimum absolute atomic E-state index is 0.469. The average Bonchev–Trinajstić information content (AvgIpc) is 3.03. The van der Waals surface area contributed by atoms with E-state index >= 15 is 0 Å². The maximum absolute atomic E-state index is 5.79. The number of nitrogen functional groups attached to an aromatic ring is 1. The van der Waals surface area contributed by atoms with Gasteiger partial charge in [0.05, 0.1) is 22.6 Å². The molecule has 0 aliphatic rings. The molecule has 4 rings (SSSR count). The molecule has 4 aromatic rings. The van der Waals surface area contributed by atoms with Crippen LogP contribution in [0.2, 0.25) is 0 Å². The van der Waals surface area contributed by atoms with Crippen LogP contribution in [-0.4, -0.2) is 24.8 Å². The lowest BCUT2D eigenvalue weighted by atomic mass is 10.1. The number of nitrogens with one attached hydrogen (secondary N) is 1. The molecule has 0 amide bonds. The Labute approximate surface area is 107 Å². The van der Waals surface area contributed by atoms with Crippen molar-refractivity contribution in [2.75, 3.05) is 5.73 Å². The molecular formula is C13H10N6. The van der Waals surface area contributed by atoms with Crippen molar-refractivity contribution in [2.24, 2.45) is 0 Å². The van der Waals surface area contributed by atoms with Gasteiger partial charge in [-0.15, -0.1) is 0 Å². The first-order valence-electron chi connectivity index (χ1n) is 5.84. The van der Waals surface area contributed by atoms with E-state index in [1.807, 2.05) is 22.8 Å². The van der Waals surface area contributed by atoms with Crippen molar-refractivity contribution < 1.29 is 0 Å². The summed E-state index contributed by atoms with van der Waals surface area (Å²) in [7, 11) is 0. The third-order valence-electron chi connectivity index (χ3n) is 3.21. The second-order valence-electron chi connectivity index (χ2n) is 4.34. The van der Waals surface area contributed by atoms with Crippen molar-refractivity contribution >= 4 is 22.2 Å². The molecule has 4 aromatic heterocycles. The molecule has 4 heterocycles. The van der Waals surface area contributed by atoms with Crippen molar-refractivity contribution in [1.29, 1.82) is 0 Å². The van der Waals surface area contributed by atoms with Crippen LogP contribution in [0.4, 0.5) is 5.82 Å². The van der Waals surface area contributed by atoms with Crippen LogP contribution >= 0.6 is 0 Å². The smallest absolute Gasteiger partial charge is 0.154 e. The lowest BCUT2D eigenvalue weighted by molar-refractivity contribution is 0.951. The molecule has 0 unspecified atom stereocenters. The van der Waals surface area contributed by atoms with E-state index in [4.69, 9.17) is 5.73 Å². The van der Waals surface area contributed by atoms with Crippen molar-refractivity contribution in [3.8, 4) is 11.1 Å². The summed E-state index contributed by atoms with van der Waals surface area (Å²) in [5.41, 5.74) is 9.81. The van der Waals surface area contributed by atoms with Crippen LogP contribution in [0.3, 0.4) is 0 Å². The summed E-state index contributed by atoms with van der Waals surface area (Å²) in [5.74, 6) is 0.469. The van der Waals surface area contributed by atoms with Gasteiger partial charge in [-0.2, -0.15) is 10.2 Å². The van der Waals surface area contributed by atoms with Crippen molar-refractivity contribution in [2.45, 2.75) is 0 Å². The zero-order valence-corrected chi connectivity index (χ0v) is 9.91. The molecule has 0 fully saturated rings. The minimum atomic E-state index is 0.469. The fourth-order valence-corrected chi connectivity index (χ4v) is 2.25. The highest BCUT2D eigenvalue weighted by molar-refractivity contribution is 5.98. The molecule has 0 aromatic carbocycles. The SMILES string of the molecule is Nc1n[nH]c2c1cnn1cc(-c3ccncc3)cc21. The van der Waals surface area contributed by atoms with E-state index in [1.54, 1.807) is 18.6 Å². The number of H-pyrrole nitrogens is 1. The number of hydrogen-bond acceptors (Lipinski definition) is 4. The van der Waals surface area contributed by atoms with Gasteiger partial charge in [-0.1, -0.05) is 0 Å². The van der Waals surface area contributed by atoms with Gasteiger partial charge in [0.15, 0.2) is 5.82 Å². The number of fused-ring (bicyclic) bond motifs is 3. The Bertz CT molecular complexity index is 874. The third kappa shape index (κ3) is 1.40. The number of aromatic amines is 1. The predicted molar refractivity (Wildman–Crippen MR) is 72.5 cm³/mol. The van der Waals surface area contributed by atoms with Gasteiger partial charge < -0.3 is 5.73 Å². The lowest BCUT2D eigenvalue weighted by Crippen LogP contribution is -1.89. The van der Waals surface area contributed by atoms with Crippen LogP contribution in [0, 0.1) is 0 Å². The summed E-state index contributed by atoms with van der Waals surface area (Å²) in [5, 5.41) is 12.2. The van der Waals surface area contributed by atoms with E-state index in [2.05, 4.69) is 26.3 Å². The van der Waals surface area contributed by atoms with Gasteiger partial charge in [-0.3, -0.25) is 10.1 Å². The highest BCUT2D eigenvalue weighted by Crippen LogP contribution is 2.26. The van der Waals surface area contributed by atoms with E-state index in [1.165, 1.54) is 0 Å². The second kappa shape index (κ2) is 3.55. The zero-order chi connectivity index (χ0) is 12.8. The number of pyridine rings is 1. The summed E-state index contributed by atoms with van der Waals surface area (Å²) in [6.45, 7) is 0. The number of aromatic nitrogens is 5. The van der Waals surface area contributed by atoms with Gasteiger partial charge in [0.1, 0.15) is 0 Å². The van der Waals surface area contributed by atoms with E-state index in [-0.39, 0.29) is 0 Å². The van der Waals surface area contributed by atoms with Crippen molar-refractivity contribution in [1.82, 2.24) is 24.8 Å². The molecule has 19 heavy (non-hydrogen) atoms. The molecule has 0 aliphatic carbocycles. The summed E-state index contributed by atoms with van der Waals surface area (Å²) in [6.07, 6.45) is 7.24. The van der Waals surface area contributed by atoms with Crippen molar-refractivity contribution in [3.05, 3.63) is 43.0 Å². The normalized spacial score (nSPS) is 11.4. The molecular weight excluding hydrogens is 240 g/mol. The number of nitrogens with zero attached hydrogens (tertiary/aromatic N) is 4. The highest BCUT2D eigenvalue weighted by Gasteiger charge is 2.10. The summed E-state index contributed by atoms with van der Waals surface area (Å²) < 4.78 is 1.82. The summed E-state index contributed by atoms with van der Waals surface area (Å²) >= 11 is 0. The van der Waals surface area contributed by atoms with E-state index < -0.39 is 0 Å². The van der Waals surface area contributed by atoms with E-state index in [9.17, 15) is 0 Å². The zero-order valence-electron chi connectivity index (χ0n) is 9.91. The topological polar surface area (TPSA) is 84.9 Å². The van der Waals surface area contributed by atoms with Crippen LogP contribution in [-0.2, 0) is 0 Å². The molecule has 0 atom stereocenters. The van der Waals surface area contributed by atoms with Gasteiger partial charge in [-0.05, 0) is 23.8 Å². The Morgan fingerprint density at radius 2 is 2.00 bits per heavy atom. The fraction of sp³-hybridized carbons (Fsp3) is 0. The van der Waals surface area contributed by atoms with Crippen LogP contribution in [0.1, 0.15) is 0 Å². The first-order chi connectivity index (χ1) is 9.33. The minimum Gasteiger partial charge on any atom is -0.382 e. The van der Waals surface area contributed by atoms with Crippen LogP contribution in [0.15, 0.2) is 43.0 Å².